The Bertz CT molecular complexity index is 241. The third-order valence-electron chi connectivity index (χ3n) is 0.792. The van der Waals surface area contributed by atoms with Crippen molar-refractivity contribution in [2.24, 2.45) is 11.5 Å². The van der Waals surface area contributed by atoms with Crippen molar-refractivity contribution in [1.82, 2.24) is 4.98 Å². The highest BCUT2D eigenvalue weighted by Crippen LogP contribution is 1.98. The maximum absolute atomic E-state index is 8.78. The number of hydrogen-bond acceptors (Lipinski definition) is 5. The number of pyridine rings is 1. The van der Waals surface area contributed by atoms with Gasteiger partial charge in [0.25, 0.3) is 0 Å². The summed E-state index contributed by atoms with van der Waals surface area (Å²) in [5.74, 6) is 0.792. The second-order valence-electron chi connectivity index (χ2n) is 2.06. The molecule has 0 spiro atoms. The van der Waals surface area contributed by atoms with Gasteiger partial charge >= 0.3 is 6.09 Å². The number of rotatable bonds is 1. The van der Waals surface area contributed by atoms with Gasteiger partial charge in [0.1, 0.15) is 0 Å². The van der Waals surface area contributed by atoms with Crippen molar-refractivity contribution in [3.8, 4) is 0 Å². The molecule has 0 unspecified atom stereocenters. The van der Waals surface area contributed by atoms with E-state index in [4.69, 9.17) is 15.6 Å². The van der Waals surface area contributed by atoms with Crippen molar-refractivity contribution in [3.63, 3.8) is 0 Å². The molecule has 0 aliphatic carbocycles. The number of carboxylic acid groups (broad SMARTS) is 1. The standard InChI is InChI=1S/C5H5NS.C2H7NS.CH3NO2/c7-5-1-3-6-4-2-5;3-1-2-4;2-1(3)4/h1-4H,(H,6,7);4H,1-3H2;2H2,(H,3,4). The van der Waals surface area contributed by atoms with Crippen LogP contribution in [0.15, 0.2) is 29.4 Å². The molecule has 1 aromatic rings. The van der Waals surface area contributed by atoms with Gasteiger partial charge in [-0.05, 0) is 12.1 Å². The Balaban J connectivity index is 0. The molecule has 0 fully saturated rings. The number of aromatic nitrogens is 1. The zero-order valence-corrected chi connectivity index (χ0v) is 9.86. The van der Waals surface area contributed by atoms with E-state index in [0.717, 1.165) is 10.6 Å². The van der Waals surface area contributed by atoms with Crippen LogP contribution in [-0.4, -0.2) is 28.5 Å². The van der Waals surface area contributed by atoms with Gasteiger partial charge in [-0.3, -0.25) is 4.98 Å². The van der Waals surface area contributed by atoms with E-state index < -0.39 is 6.09 Å². The Morgan fingerprint density at radius 1 is 1.47 bits per heavy atom. The van der Waals surface area contributed by atoms with E-state index in [-0.39, 0.29) is 0 Å². The van der Waals surface area contributed by atoms with Gasteiger partial charge in [-0.15, -0.1) is 12.6 Å². The van der Waals surface area contributed by atoms with Crippen LogP contribution in [0.5, 0.6) is 0 Å². The van der Waals surface area contributed by atoms with Crippen molar-refractivity contribution in [1.29, 1.82) is 0 Å². The van der Waals surface area contributed by atoms with Gasteiger partial charge in [0.2, 0.25) is 0 Å². The van der Waals surface area contributed by atoms with E-state index in [1.54, 1.807) is 12.4 Å². The third kappa shape index (κ3) is 24.6. The number of thiol groups is 2. The molecule has 0 saturated carbocycles. The molecule has 0 bridgehead atoms. The quantitative estimate of drug-likeness (QED) is 0.476. The Labute approximate surface area is 99.7 Å². The summed E-state index contributed by atoms with van der Waals surface area (Å²) in [7, 11) is 0. The normalized spacial score (nSPS) is 7.67. The first-order chi connectivity index (χ1) is 7.04. The van der Waals surface area contributed by atoms with E-state index in [1.165, 1.54) is 0 Å². The Kier molecular flexibility index (Phi) is 14.4. The summed E-state index contributed by atoms with van der Waals surface area (Å²) in [4.78, 5) is 13.5. The van der Waals surface area contributed by atoms with Crippen molar-refractivity contribution in [2.45, 2.75) is 4.90 Å². The first kappa shape index (κ1) is 16.5. The molecule has 0 saturated heterocycles. The third-order valence-corrected chi connectivity index (χ3v) is 1.35. The topological polar surface area (TPSA) is 102 Å². The lowest BCUT2D eigenvalue weighted by Gasteiger charge is -1.81. The Morgan fingerprint density at radius 3 is 1.93 bits per heavy atom. The van der Waals surface area contributed by atoms with Crippen LogP contribution in [0, 0.1) is 0 Å². The summed E-state index contributed by atoms with van der Waals surface area (Å²) in [6.45, 7) is 0.684. The van der Waals surface area contributed by atoms with Gasteiger partial charge in [0.05, 0.1) is 0 Å². The highest BCUT2D eigenvalue weighted by atomic mass is 32.1. The van der Waals surface area contributed by atoms with Crippen LogP contribution in [0.3, 0.4) is 0 Å². The molecule has 5 N–H and O–H groups in total. The number of nitrogens with zero attached hydrogens (tertiary/aromatic N) is 1. The average molecular weight is 249 g/mol. The largest absolute Gasteiger partial charge is 0.465 e. The van der Waals surface area contributed by atoms with Crippen LogP contribution >= 0.6 is 25.3 Å². The fourth-order valence-corrected chi connectivity index (χ4v) is 0.477. The molecule has 1 heterocycles. The molecule has 1 aromatic heterocycles. The van der Waals surface area contributed by atoms with E-state index in [0.29, 0.717) is 6.54 Å². The lowest BCUT2D eigenvalue weighted by Crippen LogP contribution is -2.03. The average Bonchev–Trinajstić information content (AvgIpc) is 2.18. The van der Waals surface area contributed by atoms with Crippen molar-refractivity contribution in [2.75, 3.05) is 12.3 Å². The summed E-state index contributed by atoms with van der Waals surface area (Å²) >= 11 is 7.84. The van der Waals surface area contributed by atoms with E-state index in [9.17, 15) is 0 Å². The number of primary amides is 1. The van der Waals surface area contributed by atoms with Crippen LogP contribution in [0.4, 0.5) is 4.79 Å². The fourth-order valence-electron chi connectivity index (χ4n) is 0.344. The molecule has 5 nitrogen and oxygen atoms in total. The van der Waals surface area contributed by atoms with Gasteiger partial charge in [-0.25, -0.2) is 4.79 Å². The fraction of sp³-hybridized carbons (Fsp3) is 0.250. The van der Waals surface area contributed by atoms with Gasteiger partial charge in [-0.1, -0.05) is 0 Å². The summed E-state index contributed by atoms with van der Waals surface area (Å²) in [5.41, 5.74) is 8.98. The van der Waals surface area contributed by atoms with Crippen molar-refractivity contribution in [3.05, 3.63) is 24.5 Å². The van der Waals surface area contributed by atoms with Gasteiger partial charge in [0.15, 0.2) is 0 Å². The molecule has 1 rings (SSSR count). The molecule has 1 amide bonds. The smallest absolute Gasteiger partial charge is 0.402 e. The van der Waals surface area contributed by atoms with Crippen LogP contribution in [0.1, 0.15) is 0 Å². The van der Waals surface area contributed by atoms with Crippen molar-refractivity contribution >= 4 is 31.4 Å². The molecule has 15 heavy (non-hydrogen) atoms. The molecule has 7 heteroatoms. The van der Waals surface area contributed by atoms with Gasteiger partial charge < -0.3 is 16.6 Å². The molecule has 0 aromatic carbocycles. The maximum atomic E-state index is 8.78. The minimum Gasteiger partial charge on any atom is -0.465 e. The van der Waals surface area contributed by atoms with Crippen LogP contribution in [-0.2, 0) is 0 Å². The maximum Gasteiger partial charge on any atom is 0.402 e. The summed E-state index contributed by atoms with van der Waals surface area (Å²) in [6.07, 6.45) is 2.09. The monoisotopic (exact) mass is 249 g/mol. The molecule has 0 radical (unpaired) electrons. The lowest BCUT2D eigenvalue weighted by atomic mass is 10.5. The molecular weight excluding hydrogens is 234 g/mol. The van der Waals surface area contributed by atoms with Crippen LogP contribution in [0.25, 0.3) is 0 Å². The SMILES string of the molecule is NC(=O)O.NCCS.Sc1ccncc1. The number of hydrogen-bond donors (Lipinski definition) is 5. The summed E-state index contributed by atoms with van der Waals surface area (Å²) in [5, 5.41) is 7.19. The predicted molar refractivity (Wildman–Crippen MR) is 66.6 cm³/mol. The molecule has 0 atom stereocenters. The van der Waals surface area contributed by atoms with Gasteiger partial charge in [0, 0.05) is 29.6 Å². The zero-order valence-electron chi connectivity index (χ0n) is 8.08. The number of carbonyl (C=O) groups is 1. The Morgan fingerprint density at radius 2 is 1.80 bits per heavy atom. The van der Waals surface area contributed by atoms with Crippen LogP contribution < -0.4 is 11.5 Å². The lowest BCUT2D eigenvalue weighted by molar-refractivity contribution is 0.205. The van der Waals surface area contributed by atoms with Crippen molar-refractivity contribution < 1.29 is 9.90 Å². The highest BCUT2D eigenvalue weighted by Gasteiger charge is 1.74. The highest BCUT2D eigenvalue weighted by molar-refractivity contribution is 7.80. The molecular formula is C8H15N3O2S2. The predicted octanol–water partition coefficient (Wildman–Crippen LogP) is 0.868. The van der Waals surface area contributed by atoms with E-state index in [1.807, 2.05) is 12.1 Å². The molecule has 0 aliphatic rings. The first-order valence-corrected chi connectivity index (χ1v) is 5.00. The molecule has 86 valence electrons. The second-order valence-corrected chi connectivity index (χ2v) is 3.02. The first-order valence-electron chi connectivity index (χ1n) is 3.92. The van der Waals surface area contributed by atoms with Crippen LogP contribution in [0.2, 0.25) is 0 Å². The molecule has 0 aliphatic heterocycles. The van der Waals surface area contributed by atoms with Gasteiger partial charge in [-0.2, -0.15) is 12.6 Å². The van der Waals surface area contributed by atoms with E-state index >= 15 is 0 Å². The summed E-state index contributed by atoms with van der Waals surface area (Å²) in [6, 6.07) is 3.67. The minimum atomic E-state index is -1.33. The number of nitrogens with two attached hydrogens (primary N) is 2. The minimum absolute atomic E-state index is 0.684. The second kappa shape index (κ2) is 13.1. The van der Waals surface area contributed by atoms with E-state index in [2.05, 4.69) is 36.0 Å². The number of amides is 1. The zero-order chi connectivity index (χ0) is 12.1. The Hall–Kier alpha value is -0.920. The summed E-state index contributed by atoms with van der Waals surface area (Å²) < 4.78 is 0.